The van der Waals surface area contributed by atoms with E-state index in [1.165, 1.54) is 13.0 Å². The van der Waals surface area contributed by atoms with Gasteiger partial charge in [-0.25, -0.2) is 0 Å². The first-order valence-corrected chi connectivity index (χ1v) is 5.02. The Morgan fingerprint density at radius 3 is 2.69 bits per heavy atom. The molecule has 1 aromatic rings. The molecule has 1 heteroatoms. The maximum absolute atomic E-state index is 2.33. The monoisotopic (exact) mass is 176 g/mol. The van der Waals surface area contributed by atoms with Crippen LogP contribution in [-0.2, 0) is 6.42 Å². The largest absolute Gasteiger partial charge is 0.322 e. The molecule has 1 nitrogen and oxygen atoms in total. The molecule has 1 aromatic carbocycles. The van der Waals surface area contributed by atoms with Gasteiger partial charge in [0.25, 0.3) is 0 Å². The van der Waals surface area contributed by atoms with Crippen LogP contribution < -0.4 is 0 Å². The third kappa shape index (κ3) is 1.37. The van der Waals surface area contributed by atoms with Crippen LogP contribution in [0.2, 0.25) is 0 Å². The van der Waals surface area contributed by atoms with Gasteiger partial charge in [-0.3, -0.25) is 0 Å². The van der Waals surface area contributed by atoms with Gasteiger partial charge in [0.15, 0.2) is 0 Å². The Labute approximate surface area is 80.6 Å². The normalized spacial score (nSPS) is 25.3. The third-order valence-corrected chi connectivity index (χ3v) is 3.51. The van der Waals surface area contributed by atoms with Crippen molar-refractivity contribution in [3.8, 4) is 0 Å². The van der Waals surface area contributed by atoms with E-state index in [2.05, 4.69) is 45.3 Å². The van der Waals surface area contributed by atoms with E-state index in [9.17, 15) is 0 Å². The topological polar surface area (TPSA) is 0 Å². The highest BCUT2D eigenvalue weighted by molar-refractivity contribution is 5.30. The predicted molar refractivity (Wildman–Crippen MR) is 55.5 cm³/mol. The molecule has 13 heavy (non-hydrogen) atoms. The van der Waals surface area contributed by atoms with Crippen LogP contribution in [0, 0.1) is 0 Å². The molecule has 1 aliphatic heterocycles. The highest BCUT2D eigenvalue weighted by Crippen LogP contribution is 2.32. The maximum atomic E-state index is 2.33. The fourth-order valence-corrected chi connectivity index (χ4v) is 2.15. The van der Waals surface area contributed by atoms with Gasteiger partial charge in [0.2, 0.25) is 0 Å². The van der Waals surface area contributed by atoms with Gasteiger partial charge in [-0.15, -0.1) is 0 Å². The van der Waals surface area contributed by atoms with Crippen LogP contribution in [0.5, 0.6) is 0 Å². The molecule has 2 rings (SSSR count). The molecular formula is C12H18N+. The van der Waals surface area contributed by atoms with Gasteiger partial charge in [0, 0.05) is 12.0 Å². The Bertz CT molecular complexity index is 315. The van der Waals surface area contributed by atoms with E-state index in [1.54, 1.807) is 11.1 Å². The summed E-state index contributed by atoms with van der Waals surface area (Å²) in [5, 5.41) is 0. The van der Waals surface area contributed by atoms with Crippen molar-refractivity contribution < 1.29 is 4.48 Å². The van der Waals surface area contributed by atoms with Gasteiger partial charge >= 0.3 is 0 Å². The summed E-state index contributed by atoms with van der Waals surface area (Å²) in [4.78, 5) is 0. The van der Waals surface area contributed by atoms with E-state index in [4.69, 9.17) is 0 Å². The molecule has 0 bridgehead atoms. The zero-order valence-corrected chi connectivity index (χ0v) is 8.75. The Morgan fingerprint density at radius 2 is 1.92 bits per heavy atom. The van der Waals surface area contributed by atoms with Crippen LogP contribution in [0.1, 0.15) is 24.1 Å². The van der Waals surface area contributed by atoms with Crippen LogP contribution in [0.25, 0.3) is 0 Å². The number of benzene rings is 1. The van der Waals surface area contributed by atoms with E-state index >= 15 is 0 Å². The quantitative estimate of drug-likeness (QED) is 0.532. The molecule has 0 aliphatic carbocycles. The molecule has 0 N–H and O–H groups in total. The van der Waals surface area contributed by atoms with Crippen LogP contribution in [-0.4, -0.2) is 25.1 Å². The summed E-state index contributed by atoms with van der Waals surface area (Å²) in [5.41, 5.74) is 3.09. The Hall–Kier alpha value is -0.820. The second kappa shape index (κ2) is 2.85. The second-order valence-electron chi connectivity index (χ2n) is 4.63. The van der Waals surface area contributed by atoms with Crippen LogP contribution in [0.4, 0.5) is 0 Å². The standard InChI is InChI=1S/C12H18N/c1-10-12-7-5-4-6-11(12)8-9-13(10,2)3/h4-7,10H,8-9H2,1-3H3/q+1. The number of likely N-dealkylation sites (N-methyl/N-ethyl adjacent to an activating group) is 1. The van der Waals surface area contributed by atoms with Crippen molar-refractivity contribution in [3.05, 3.63) is 35.4 Å². The van der Waals surface area contributed by atoms with Crippen molar-refractivity contribution in [3.63, 3.8) is 0 Å². The zero-order valence-electron chi connectivity index (χ0n) is 8.75. The first-order chi connectivity index (χ1) is 6.11. The van der Waals surface area contributed by atoms with Crippen LogP contribution >= 0.6 is 0 Å². The molecule has 1 atom stereocenters. The SMILES string of the molecule is CC1c2ccccc2CC[N+]1(C)C. The van der Waals surface area contributed by atoms with E-state index in [1.807, 2.05) is 0 Å². The molecule has 0 aromatic heterocycles. The van der Waals surface area contributed by atoms with Crippen LogP contribution in [0.15, 0.2) is 24.3 Å². The fourth-order valence-electron chi connectivity index (χ4n) is 2.15. The second-order valence-corrected chi connectivity index (χ2v) is 4.63. The van der Waals surface area contributed by atoms with E-state index in [0.717, 1.165) is 4.48 Å². The number of quaternary nitrogens is 1. The molecule has 0 fully saturated rings. The van der Waals surface area contributed by atoms with Crippen molar-refractivity contribution >= 4 is 0 Å². The molecule has 0 saturated carbocycles. The first-order valence-electron chi connectivity index (χ1n) is 5.02. The molecule has 1 unspecified atom stereocenters. The van der Waals surface area contributed by atoms with E-state index < -0.39 is 0 Å². The lowest BCUT2D eigenvalue weighted by Gasteiger charge is -2.40. The molecule has 1 heterocycles. The molecule has 0 saturated heterocycles. The van der Waals surface area contributed by atoms with Gasteiger partial charge in [0.1, 0.15) is 6.04 Å². The third-order valence-electron chi connectivity index (χ3n) is 3.51. The number of hydrogen-bond acceptors (Lipinski definition) is 0. The van der Waals surface area contributed by atoms with Gasteiger partial charge in [-0.05, 0) is 12.5 Å². The fraction of sp³-hybridized carbons (Fsp3) is 0.500. The minimum Gasteiger partial charge on any atom is -0.322 e. The number of hydrogen-bond donors (Lipinski definition) is 0. The summed E-state index contributed by atoms with van der Waals surface area (Å²) >= 11 is 0. The van der Waals surface area contributed by atoms with Gasteiger partial charge in [0.05, 0.1) is 20.6 Å². The maximum Gasteiger partial charge on any atom is 0.112 e. The molecule has 0 amide bonds. The minimum absolute atomic E-state index is 0.643. The lowest BCUT2D eigenvalue weighted by Crippen LogP contribution is -2.46. The molecule has 1 aliphatic rings. The minimum atomic E-state index is 0.643. The van der Waals surface area contributed by atoms with E-state index in [-0.39, 0.29) is 0 Å². The smallest absolute Gasteiger partial charge is 0.112 e. The summed E-state index contributed by atoms with van der Waals surface area (Å²) in [6, 6.07) is 9.49. The highest BCUT2D eigenvalue weighted by Gasteiger charge is 2.31. The summed E-state index contributed by atoms with van der Waals surface area (Å²) in [5.74, 6) is 0. The Kier molecular flexibility index (Phi) is 1.92. The van der Waals surface area contributed by atoms with Gasteiger partial charge < -0.3 is 4.48 Å². The molecular weight excluding hydrogens is 158 g/mol. The van der Waals surface area contributed by atoms with Crippen molar-refractivity contribution in [2.45, 2.75) is 19.4 Å². The molecule has 0 radical (unpaired) electrons. The van der Waals surface area contributed by atoms with Crippen molar-refractivity contribution in [2.24, 2.45) is 0 Å². The Morgan fingerprint density at radius 1 is 1.23 bits per heavy atom. The average molecular weight is 176 g/mol. The average Bonchev–Trinajstić information content (AvgIpc) is 2.13. The summed E-state index contributed by atoms with van der Waals surface area (Å²) in [6.07, 6.45) is 1.23. The lowest BCUT2D eigenvalue weighted by molar-refractivity contribution is -0.921. The van der Waals surface area contributed by atoms with Gasteiger partial charge in [-0.2, -0.15) is 0 Å². The number of fused-ring (bicyclic) bond motifs is 1. The summed E-state index contributed by atoms with van der Waals surface area (Å²) < 4.78 is 1.12. The lowest BCUT2D eigenvalue weighted by atomic mass is 9.92. The van der Waals surface area contributed by atoms with Crippen molar-refractivity contribution in [1.82, 2.24) is 0 Å². The Balaban J connectivity index is 2.45. The number of nitrogens with zero attached hydrogens (tertiary/aromatic N) is 1. The molecule has 70 valence electrons. The van der Waals surface area contributed by atoms with Crippen molar-refractivity contribution in [2.75, 3.05) is 20.6 Å². The summed E-state index contributed by atoms with van der Waals surface area (Å²) in [7, 11) is 4.64. The van der Waals surface area contributed by atoms with Crippen LogP contribution in [0.3, 0.4) is 0 Å². The van der Waals surface area contributed by atoms with Crippen molar-refractivity contribution in [1.29, 1.82) is 0 Å². The first kappa shape index (κ1) is 8.76. The number of rotatable bonds is 0. The summed E-state index contributed by atoms with van der Waals surface area (Å²) in [6.45, 7) is 3.59. The highest BCUT2D eigenvalue weighted by atomic mass is 15.3. The van der Waals surface area contributed by atoms with E-state index in [0.29, 0.717) is 6.04 Å². The molecule has 0 spiro atoms. The predicted octanol–water partition coefficient (Wildman–Crippen LogP) is 2.38. The van der Waals surface area contributed by atoms with Gasteiger partial charge in [-0.1, -0.05) is 24.3 Å². The zero-order chi connectivity index (χ0) is 9.47.